The topological polar surface area (TPSA) is 33.0 Å². The summed E-state index contributed by atoms with van der Waals surface area (Å²) >= 11 is 0. The predicted octanol–water partition coefficient (Wildman–Crippen LogP) is 7.14. The van der Waals surface area contributed by atoms with Crippen molar-refractivity contribution in [2.24, 2.45) is 10.8 Å². The Bertz CT molecular complexity index is 568. The average Bonchev–Trinajstić information content (AvgIpc) is 2.73. The molecule has 1 aliphatic rings. The van der Waals surface area contributed by atoms with Crippen molar-refractivity contribution in [1.82, 2.24) is 0 Å². The van der Waals surface area contributed by atoms with Gasteiger partial charge >= 0.3 is 0 Å². The van der Waals surface area contributed by atoms with Gasteiger partial charge in [0.05, 0.1) is 11.5 Å². The molecular formula is C24H39NO. The zero-order valence-electron chi connectivity index (χ0n) is 18.0. The van der Waals surface area contributed by atoms with Crippen LogP contribution in [-0.4, -0.2) is 13.2 Å². The van der Waals surface area contributed by atoms with Crippen molar-refractivity contribution in [2.75, 3.05) is 13.2 Å². The zero-order valence-corrected chi connectivity index (χ0v) is 18.0. The number of allylic oxidation sites excluding steroid dienone is 6. The Balaban J connectivity index is 2.58. The van der Waals surface area contributed by atoms with Crippen LogP contribution in [0.1, 0.15) is 86.5 Å². The molecule has 0 saturated heterocycles. The van der Waals surface area contributed by atoms with Gasteiger partial charge in [-0.3, -0.25) is 0 Å². The van der Waals surface area contributed by atoms with E-state index >= 15 is 0 Å². The van der Waals surface area contributed by atoms with Crippen LogP contribution in [0.3, 0.4) is 0 Å². The number of ether oxygens (including phenoxy) is 1. The van der Waals surface area contributed by atoms with Crippen LogP contribution in [0.15, 0.2) is 34.9 Å². The van der Waals surface area contributed by atoms with Crippen LogP contribution >= 0.6 is 0 Å². The third kappa shape index (κ3) is 8.86. The lowest BCUT2D eigenvalue weighted by atomic mass is 9.73. The minimum Gasteiger partial charge on any atom is -0.381 e. The lowest BCUT2D eigenvalue weighted by Crippen LogP contribution is -2.22. The molecule has 1 rings (SSSR count). The smallest absolute Gasteiger partial charge is 0.0687 e. The second-order valence-electron chi connectivity index (χ2n) is 9.20. The number of nitriles is 1. The summed E-state index contributed by atoms with van der Waals surface area (Å²) in [7, 11) is 0. The maximum atomic E-state index is 9.68. The van der Waals surface area contributed by atoms with Gasteiger partial charge in [0, 0.05) is 13.2 Å². The Labute approximate surface area is 162 Å². The van der Waals surface area contributed by atoms with E-state index in [-0.39, 0.29) is 10.8 Å². The maximum Gasteiger partial charge on any atom is 0.0687 e. The van der Waals surface area contributed by atoms with Crippen LogP contribution in [0.2, 0.25) is 0 Å². The minimum absolute atomic E-state index is 0.183. The first-order chi connectivity index (χ1) is 12.2. The highest BCUT2D eigenvalue weighted by Gasteiger charge is 2.29. The zero-order chi connectivity index (χ0) is 19.6. The van der Waals surface area contributed by atoms with Gasteiger partial charge in [-0.1, -0.05) is 51.5 Å². The van der Waals surface area contributed by atoms with Gasteiger partial charge in [0.15, 0.2) is 0 Å². The molecule has 0 aromatic heterocycles. The standard InChI is InChI=1S/C24H39NO/c1-7-15-26-16-9-12-22-11-8-10-21(17-20(22)2)13-14-24(6,19-25)18-23(3,4)5/h10-11,17H,7-9,12-16,18H2,1-6H3. The van der Waals surface area contributed by atoms with Crippen molar-refractivity contribution in [2.45, 2.75) is 86.5 Å². The Morgan fingerprint density at radius 1 is 1.12 bits per heavy atom. The van der Waals surface area contributed by atoms with E-state index < -0.39 is 0 Å². The summed E-state index contributed by atoms with van der Waals surface area (Å²) in [5, 5.41) is 9.68. The van der Waals surface area contributed by atoms with Crippen LogP contribution in [-0.2, 0) is 4.74 Å². The van der Waals surface area contributed by atoms with E-state index in [1.165, 1.54) is 16.7 Å². The number of hydrogen-bond donors (Lipinski definition) is 0. The second-order valence-corrected chi connectivity index (χ2v) is 9.20. The second kappa shape index (κ2) is 10.7. The summed E-state index contributed by atoms with van der Waals surface area (Å²) in [4.78, 5) is 0. The van der Waals surface area contributed by atoms with Gasteiger partial charge in [0.1, 0.15) is 0 Å². The van der Waals surface area contributed by atoms with Gasteiger partial charge in [0.25, 0.3) is 0 Å². The molecule has 1 unspecified atom stereocenters. The molecule has 0 amide bonds. The Kier molecular flexibility index (Phi) is 9.37. The number of hydrogen-bond acceptors (Lipinski definition) is 2. The average molecular weight is 358 g/mol. The van der Waals surface area contributed by atoms with Crippen molar-refractivity contribution >= 4 is 0 Å². The normalized spacial score (nSPS) is 17.5. The van der Waals surface area contributed by atoms with E-state index in [9.17, 15) is 5.26 Å². The fraction of sp³-hybridized carbons (Fsp3) is 0.708. The molecule has 0 aromatic carbocycles. The predicted molar refractivity (Wildman–Crippen MR) is 112 cm³/mol. The van der Waals surface area contributed by atoms with Gasteiger partial charge in [0.2, 0.25) is 0 Å². The van der Waals surface area contributed by atoms with E-state index in [0.29, 0.717) is 0 Å². The van der Waals surface area contributed by atoms with Crippen molar-refractivity contribution < 1.29 is 4.74 Å². The first kappa shape index (κ1) is 22.7. The molecule has 2 heteroatoms. The van der Waals surface area contributed by atoms with E-state index in [2.05, 4.69) is 65.8 Å². The van der Waals surface area contributed by atoms with Crippen LogP contribution in [0.5, 0.6) is 0 Å². The van der Waals surface area contributed by atoms with E-state index in [0.717, 1.165) is 58.2 Å². The van der Waals surface area contributed by atoms with Gasteiger partial charge in [-0.2, -0.15) is 5.26 Å². The molecule has 26 heavy (non-hydrogen) atoms. The molecule has 0 aromatic rings. The molecule has 0 aliphatic heterocycles. The SMILES string of the molecule is CCCOCCCC1=CCC=C(CCC(C)(C#N)CC(C)(C)C)C=C1C. The molecule has 2 nitrogen and oxygen atoms in total. The number of nitrogens with zero attached hydrogens (tertiary/aromatic N) is 1. The highest BCUT2D eigenvalue weighted by Crippen LogP contribution is 2.38. The maximum absolute atomic E-state index is 9.68. The first-order valence-corrected chi connectivity index (χ1v) is 10.2. The largest absolute Gasteiger partial charge is 0.381 e. The van der Waals surface area contributed by atoms with Gasteiger partial charge in [-0.25, -0.2) is 0 Å². The van der Waals surface area contributed by atoms with Crippen LogP contribution in [0.25, 0.3) is 0 Å². The quantitative estimate of drug-likeness (QED) is 0.389. The summed E-state index contributed by atoms with van der Waals surface area (Å²) in [6, 6.07) is 2.58. The van der Waals surface area contributed by atoms with Gasteiger partial charge in [-0.05, 0) is 75.4 Å². The monoisotopic (exact) mass is 357 g/mol. The molecule has 146 valence electrons. The molecular weight excluding hydrogens is 318 g/mol. The summed E-state index contributed by atoms with van der Waals surface area (Å²) in [6.45, 7) is 14.9. The van der Waals surface area contributed by atoms with Crippen molar-refractivity contribution in [1.29, 1.82) is 5.26 Å². The Morgan fingerprint density at radius 3 is 2.46 bits per heavy atom. The summed E-state index contributed by atoms with van der Waals surface area (Å²) in [6.07, 6.45) is 14.1. The minimum atomic E-state index is -0.250. The molecule has 0 heterocycles. The molecule has 1 atom stereocenters. The molecule has 0 bridgehead atoms. The molecule has 0 N–H and O–H groups in total. The van der Waals surface area contributed by atoms with Crippen molar-refractivity contribution in [3.8, 4) is 6.07 Å². The third-order valence-electron chi connectivity index (χ3n) is 4.89. The molecule has 0 saturated carbocycles. The molecule has 0 fully saturated rings. The fourth-order valence-electron chi connectivity index (χ4n) is 3.80. The summed E-state index contributed by atoms with van der Waals surface area (Å²) in [5.74, 6) is 0. The third-order valence-corrected chi connectivity index (χ3v) is 4.89. The summed E-state index contributed by atoms with van der Waals surface area (Å²) < 4.78 is 5.60. The molecule has 0 spiro atoms. The Hall–Kier alpha value is -1.33. The van der Waals surface area contributed by atoms with E-state index in [1.54, 1.807) is 0 Å². The van der Waals surface area contributed by atoms with Gasteiger partial charge < -0.3 is 4.74 Å². The Morgan fingerprint density at radius 2 is 1.85 bits per heavy atom. The van der Waals surface area contributed by atoms with E-state index in [4.69, 9.17) is 4.74 Å². The lowest BCUT2D eigenvalue weighted by Gasteiger charge is -2.30. The fourth-order valence-corrected chi connectivity index (χ4v) is 3.80. The number of rotatable bonds is 10. The van der Waals surface area contributed by atoms with Gasteiger partial charge in [-0.15, -0.1) is 0 Å². The first-order valence-electron chi connectivity index (χ1n) is 10.2. The lowest BCUT2D eigenvalue weighted by molar-refractivity contribution is 0.132. The highest BCUT2D eigenvalue weighted by atomic mass is 16.5. The van der Waals surface area contributed by atoms with Crippen LogP contribution < -0.4 is 0 Å². The van der Waals surface area contributed by atoms with Crippen molar-refractivity contribution in [3.63, 3.8) is 0 Å². The molecule has 0 radical (unpaired) electrons. The highest BCUT2D eigenvalue weighted by molar-refractivity contribution is 5.39. The molecule has 1 aliphatic carbocycles. The van der Waals surface area contributed by atoms with Crippen molar-refractivity contribution in [3.05, 3.63) is 34.9 Å². The van der Waals surface area contributed by atoms with Crippen LogP contribution in [0.4, 0.5) is 0 Å². The van der Waals surface area contributed by atoms with Crippen LogP contribution in [0, 0.1) is 22.2 Å². The summed E-state index contributed by atoms with van der Waals surface area (Å²) in [5.41, 5.74) is 4.14. The van der Waals surface area contributed by atoms with E-state index in [1.807, 2.05) is 0 Å².